The Labute approximate surface area is 83.6 Å². The predicted octanol–water partition coefficient (Wildman–Crippen LogP) is 1.18. The molecule has 0 aromatic carbocycles. The van der Waals surface area contributed by atoms with E-state index < -0.39 is 5.91 Å². The third-order valence-corrected chi connectivity index (χ3v) is 1.89. The average molecular weight is 193 g/mol. The monoisotopic (exact) mass is 193 g/mol. The van der Waals surface area contributed by atoms with Gasteiger partial charge in [0.1, 0.15) is 5.82 Å². The summed E-state index contributed by atoms with van der Waals surface area (Å²) in [6, 6.07) is 0. The zero-order valence-electron chi connectivity index (χ0n) is 8.96. The lowest BCUT2D eigenvalue weighted by molar-refractivity contribution is 0.0997. The van der Waals surface area contributed by atoms with E-state index >= 15 is 0 Å². The van der Waals surface area contributed by atoms with Crippen molar-refractivity contribution in [1.29, 1.82) is 0 Å². The normalized spacial score (nSPS) is 11.4. The molecule has 1 amide bonds. The highest BCUT2D eigenvalue weighted by molar-refractivity contribution is 5.93. The van der Waals surface area contributed by atoms with Gasteiger partial charge in [-0.3, -0.25) is 4.79 Å². The summed E-state index contributed by atoms with van der Waals surface area (Å²) in [6.45, 7) is 7.75. The second-order valence-electron chi connectivity index (χ2n) is 4.29. The number of carbonyl (C=O) groups excluding carboxylic acids is 1. The summed E-state index contributed by atoms with van der Waals surface area (Å²) in [5.41, 5.74) is 6.16. The number of primary amides is 1. The number of rotatable bonds is 1. The van der Waals surface area contributed by atoms with Crippen molar-refractivity contribution in [2.24, 2.45) is 5.73 Å². The van der Waals surface area contributed by atoms with Gasteiger partial charge in [0.15, 0.2) is 0 Å². The van der Waals surface area contributed by atoms with Crippen LogP contribution in [0.15, 0.2) is 6.20 Å². The van der Waals surface area contributed by atoms with Crippen molar-refractivity contribution < 1.29 is 4.79 Å². The molecule has 4 nitrogen and oxygen atoms in total. The van der Waals surface area contributed by atoms with Crippen molar-refractivity contribution in [2.75, 3.05) is 0 Å². The number of hydrogen-bond acceptors (Lipinski definition) is 3. The van der Waals surface area contributed by atoms with E-state index in [0.29, 0.717) is 17.1 Å². The van der Waals surface area contributed by atoms with E-state index in [0.717, 1.165) is 0 Å². The number of aryl methyl sites for hydroxylation is 1. The zero-order valence-corrected chi connectivity index (χ0v) is 8.96. The van der Waals surface area contributed by atoms with Crippen LogP contribution in [0.1, 0.15) is 42.6 Å². The molecule has 1 aromatic rings. The van der Waals surface area contributed by atoms with Gasteiger partial charge >= 0.3 is 0 Å². The van der Waals surface area contributed by atoms with Crippen molar-refractivity contribution in [3.8, 4) is 0 Å². The summed E-state index contributed by atoms with van der Waals surface area (Å²) in [5, 5.41) is 0. The van der Waals surface area contributed by atoms with Gasteiger partial charge < -0.3 is 5.73 Å². The standard InChI is InChI=1S/C10H15N3O/c1-6-12-5-7(9(11)14)8(13-6)10(2,3)4/h5H,1-4H3,(H2,11,14). The molecule has 14 heavy (non-hydrogen) atoms. The van der Waals surface area contributed by atoms with Crippen molar-refractivity contribution >= 4 is 5.91 Å². The molecule has 0 atom stereocenters. The van der Waals surface area contributed by atoms with Crippen molar-refractivity contribution in [1.82, 2.24) is 9.97 Å². The maximum Gasteiger partial charge on any atom is 0.252 e. The second kappa shape index (κ2) is 3.36. The molecule has 0 bridgehead atoms. The third-order valence-electron chi connectivity index (χ3n) is 1.89. The lowest BCUT2D eigenvalue weighted by Crippen LogP contribution is -2.23. The molecule has 1 rings (SSSR count). The van der Waals surface area contributed by atoms with E-state index in [1.807, 2.05) is 20.8 Å². The minimum absolute atomic E-state index is 0.196. The Morgan fingerprint density at radius 2 is 2.00 bits per heavy atom. The SMILES string of the molecule is Cc1ncc(C(N)=O)c(C(C)(C)C)n1. The highest BCUT2D eigenvalue weighted by atomic mass is 16.1. The molecule has 0 aliphatic rings. The van der Waals surface area contributed by atoms with Crippen LogP contribution >= 0.6 is 0 Å². The summed E-state index contributed by atoms with van der Waals surface area (Å²) in [6.07, 6.45) is 1.49. The molecule has 0 spiro atoms. The molecule has 0 fully saturated rings. The quantitative estimate of drug-likeness (QED) is 0.728. The van der Waals surface area contributed by atoms with Gasteiger partial charge in [-0.2, -0.15) is 0 Å². The molecular weight excluding hydrogens is 178 g/mol. The minimum atomic E-state index is -0.477. The van der Waals surface area contributed by atoms with Crippen LogP contribution in [0, 0.1) is 6.92 Å². The summed E-state index contributed by atoms with van der Waals surface area (Å²) >= 11 is 0. The number of carbonyl (C=O) groups is 1. The Bertz CT molecular complexity index is 366. The Morgan fingerprint density at radius 1 is 1.43 bits per heavy atom. The predicted molar refractivity (Wildman–Crippen MR) is 54.0 cm³/mol. The molecule has 2 N–H and O–H groups in total. The first-order chi connectivity index (χ1) is 6.32. The minimum Gasteiger partial charge on any atom is -0.365 e. The number of amides is 1. The fourth-order valence-corrected chi connectivity index (χ4v) is 1.22. The van der Waals surface area contributed by atoms with Crippen molar-refractivity contribution in [3.63, 3.8) is 0 Å². The highest BCUT2D eigenvalue weighted by Crippen LogP contribution is 2.23. The topological polar surface area (TPSA) is 68.9 Å². The van der Waals surface area contributed by atoms with E-state index in [1.54, 1.807) is 6.92 Å². The van der Waals surface area contributed by atoms with E-state index in [9.17, 15) is 4.79 Å². The van der Waals surface area contributed by atoms with E-state index in [2.05, 4.69) is 9.97 Å². The van der Waals surface area contributed by atoms with Gasteiger partial charge in [0.25, 0.3) is 5.91 Å². The Balaban J connectivity index is 3.38. The van der Waals surface area contributed by atoms with Gasteiger partial charge in [-0.05, 0) is 6.92 Å². The van der Waals surface area contributed by atoms with Crippen LogP contribution in [0.4, 0.5) is 0 Å². The molecule has 4 heteroatoms. The van der Waals surface area contributed by atoms with Gasteiger partial charge in [0.05, 0.1) is 11.3 Å². The van der Waals surface area contributed by atoms with E-state index in [4.69, 9.17) is 5.73 Å². The summed E-state index contributed by atoms with van der Waals surface area (Å²) in [4.78, 5) is 19.3. The Hall–Kier alpha value is -1.45. The van der Waals surface area contributed by atoms with Gasteiger partial charge in [-0.15, -0.1) is 0 Å². The van der Waals surface area contributed by atoms with Gasteiger partial charge in [-0.1, -0.05) is 20.8 Å². The van der Waals surface area contributed by atoms with Crippen LogP contribution < -0.4 is 5.73 Å². The summed E-state index contributed by atoms with van der Waals surface area (Å²) < 4.78 is 0. The lowest BCUT2D eigenvalue weighted by Gasteiger charge is -2.20. The van der Waals surface area contributed by atoms with E-state index in [-0.39, 0.29) is 5.41 Å². The summed E-state index contributed by atoms with van der Waals surface area (Å²) in [5.74, 6) is 0.176. The largest absolute Gasteiger partial charge is 0.365 e. The fourth-order valence-electron chi connectivity index (χ4n) is 1.22. The van der Waals surface area contributed by atoms with Gasteiger partial charge in [0, 0.05) is 11.6 Å². The van der Waals surface area contributed by atoms with Gasteiger partial charge in [0.2, 0.25) is 0 Å². The second-order valence-corrected chi connectivity index (χ2v) is 4.29. The van der Waals surface area contributed by atoms with Crippen LogP contribution in [0.5, 0.6) is 0 Å². The number of hydrogen-bond donors (Lipinski definition) is 1. The fraction of sp³-hybridized carbons (Fsp3) is 0.500. The smallest absolute Gasteiger partial charge is 0.252 e. The van der Waals surface area contributed by atoms with Gasteiger partial charge in [-0.25, -0.2) is 9.97 Å². The number of nitrogens with zero attached hydrogens (tertiary/aromatic N) is 2. The molecular formula is C10H15N3O. The first-order valence-corrected chi connectivity index (χ1v) is 4.46. The maximum absolute atomic E-state index is 11.1. The highest BCUT2D eigenvalue weighted by Gasteiger charge is 2.22. The van der Waals surface area contributed by atoms with Crippen molar-refractivity contribution in [2.45, 2.75) is 33.1 Å². The zero-order chi connectivity index (χ0) is 10.9. The lowest BCUT2D eigenvalue weighted by atomic mass is 9.88. The van der Waals surface area contributed by atoms with Crippen LogP contribution in [0.2, 0.25) is 0 Å². The molecule has 1 heterocycles. The molecule has 1 aromatic heterocycles. The molecule has 76 valence electrons. The molecule has 0 radical (unpaired) electrons. The van der Waals surface area contributed by atoms with Crippen LogP contribution in [-0.4, -0.2) is 15.9 Å². The first kappa shape index (κ1) is 10.6. The van der Waals surface area contributed by atoms with Crippen LogP contribution in [0.25, 0.3) is 0 Å². The Kier molecular flexibility index (Phi) is 2.55. The molecule has 0 saturated heterocycles. The Morgan fingerprint density at radius 3 is 2.43 bits per heavy atom. The van der Waals surface area contributed by atoms with Crippen LogP contribution in [0.3, 0.4) is 0 Å². The first-order valence-electron chi connectivity index (χ1n) is 4.46. The van der Waals surface area contributed by atoms with Crippen molar-refractivity contribution in [3.05, 3.63) is 23.3 Å². The molecule has 0 aliphatic carbocycles. The third kappa shape index (κ3) is 2.07. The molecule has 0 aliphatic heterocycles. The number of aromatic nitrogens is 2. The molecule has 0 saturated carbocycles. The molecule has 0 unspecified atom stereocenters. The number of nitrogens with two attached hydrogens (primary N) is 1. The van der Waals surface area contributed by atoms with E-state index in [1.165, 1.54) is 6.20 Å². The van der Waals surface area contributed by atoms with Crippen LogP contribution in [-0.2, 0) is 5.41 Å². The summed E-state index contributed by atoms with van der Waals surface area (Å²) in [7, 11) is 0. The average Bonchev–Trinajstić information content (AvgIpc) is 2.01. The maximum atomic E-state index is 11.1.